The van der Waals surface area contributed by atoms with Crippen molar-refractivity contribution in [3.63, 3.8) is 0 Å². The number of rotatable bonds is 7. The van der Waals surface area contributed by atoms with E-state index in [1.165, 1.54) is 22.7 Å². The molecule has 0 saturated carbocycles. The predicted molar refractivity (Wildman–Crippen MR) is 108 cm³/mol. The van der Waals surface area contributed by atoms with Crippen LogP contribution >= 0.6 is 15.9 Å². The lowest BCUT2D eigenvalue weighted by Crippen LogP contribution is -2.21. The first-order valence-electron chi connectivity index (χ1n) is 8.20. The second-order valence-corrected chi connectivity index (χ2v) is 13.6. The Labute approximate surface area is 155 Å². The van der Waals surface area contributed by atoms with E-state index in [9.17, 15) is 0 Å². The summed E-state index contributed by atoms with van der Waals surface area (Å²) in [5.41, 5.74) is 4.71. The summed E-state index contributed by atoms with van der Waals surface area (Å²) in [4.78, 5) is 0. The average molecular weight is 406 g/mol. The minimum Gasteiger partial charge on any atom is -0.497 e. The first-order valence-corrected chi connectivity index (χ1v) is 12.7. The third kappa shape index (κ3) is 5.20. The molecule has 0 N–H and O–H groups in total. The highest BCUT2D eigenvalue weighted by molar-refractivity contribution is 9.10. The fourth-order valence-electron chi connectivity index (χ4n) is 2.43. The van der Waals surface area contributed by atoms with Gasteiger partial charge in [-0.1, -0.05) is 53.8 Å². The highest BCUT2D eigenvalue weighted by Crippen LogP contribution is 2.32. The molecule has 2 nitrogen and oxygen atoms in total. The van der Waals surface area contributed by atoms with E-state index in [-0.39, 0.29) is 0 Å². The molecular weight excluding hydrogens is 380 g/mol. The van der Waals surface area contributed by atoms with Crippen molar-refractivity contribution in [1.29, 1.82) is 0 Å². The summed E-state index contributed by atoms with van der Waals surface area (Å²) in [5, 5.41) is 0. The van der Waals surface area contributed by atoms with E-state index < -0.39 is 8.07 Å². The van der Waals surface area contributed by atoms with Crippen LogP contribution in [0.25, 0.3) is 11.1 Å². The normalized spacial score (nSPS) is 11.6. The lowest BCUT2D eigenvalue weighted by molar-refractivity contribution is 0.228. The minimum atomic E-state index is -1.06. The van der Waals surface area contributed by atoms with Crippen LogP contribution in [0.2, 0.25) is 25.7 Å². The van der Waals surface area contributed by atoms with Gasteiger partial charge in [-0.3, -0.25) is 0 Å². The Morgan fingerprint density at radius 1 is 1.04 bits per heavy atom. The SMILES string of the molecule is COc1ccc(-c2ccc(Br)c([CH]OCC[Si](C)(C)C)c2C)cc1. The Balaban J connectivity index is 2.17. The van der Waals surface area contributed by atoms with Gasteiger partial charge in [0.1, 0.15) is 12.4 Å². The van der Waals surface area contributed by atoms with Crippen LogP contribution in [0.3, 0.4) is 0 Å². The fourth-order valence-corrected chi connectivity index (χ4v) is 3.68. The zero-order valence-electron chi connectivity index (χ0n) is 15.2. The van der Waals surface area contributed by atoms with E-state index in [1.807, 2.05) is 18.7 Å². The maximum atomic E-state index is 5.84. The Morgan fingerprint density at radius 3 is 2.29 bits per heavy atom. The molecule has 4 heteroatoms. The summed E-state index contributed by atoms with van der Waals surface area (Å²) in [6.45, 7) is 11.9. The molecule has 0 unspecified atom stereocenters. The second-order valence-electron chi connectivity index (χ2n) is 7.16. The van der Waals surface area contributed by atoms with E-state index in [2.05, 4.69) is 66.8 Å². The first-order chi connectivity index (χ1) is 11.3. The van der Waals surface area contributed by atoms with Crippen molar-refractivity contribution in [3.05, 3.63) is 58.6 Å². The maximum absolute atomic E-state index is 5.84. The molecule has 0 aliphatic carbocycles. The van der Waals surface area contributed by atoms with Gasteiger partial charge in [0.15, 0.2) is 0 Å². The number of methoxy groups -OCH3 is 1. The Bertz CT molecular complexity index is 675. The third-order valence-corrected chi connectivity index (χ3v) is 6.43. The summed E-state index contributed by atoms with van der Waals surface area (Å²) in [5.74, 6) is 0.870. The summed E-state index contributed by atoms with van der Waals surface area (Å²) in [6.07, 6.45) is 0. The Kier molecular flexibility index (Phi) is 6.67. The van der Waals surface area contributed by atoms with E-state index in [0.29, 0.717) is 0 Å². The molecule has 1 radical (unpaired) electrons. The molecule has 0 heterocycles. The van der Waals surface area contributed by atoms with Crippen molar-refractivity contribution in [2.24, 2.45) is 0 Å². The van der Waals surface area contributed by atoms with Crippen molar-refractivity contribution in [2.75, 3.05) is 13.7 Å². The van der Waals surface area contributed by atoms with E-state index in [1.54, 1.807) is 7.11 Å². The molecule has 2 aromatic carbocycles. The van der Waals surface area contributed by atoms with Gasteiger partial charge in [0.2, 0.25) is 0 Å². The van der Waals surface area contributed by atoms with Crippen molar-refractivity contribution in [2.45, 2.75) is 32.6 Å². The predicted octanol–water partition coefficient (Wildman–Crippen LogP) is 6.30. The van der Waals surface area contributed by atoms with E-state index in [0.717, 1.165) is 22.4 Å². The van der Waals surface area contributed by atoms with Crippen LogP contribution in [0, 0.1) is 13.5 Å². The van der Waals surface area contributed by atoms with E-state index >= 15 is 0 Å². The quantitative estimate of drug-likeness (QED) is 0.397. The largest absolute Gasteiger partial charge is 0.497 e. The van der Waals surface area contributed by atoms with Crippen LogP contribution in [-0.4, -0.2) is 21.8 Å². The highest BCUT2D eigenvalue weighted by Gasteiger charge is 2.14. The molecule has 129 valence electrons. The van der Waals surface area contributed by atoms with Crippen LogP contribution in [0.1, 0.15) is 11.1 Å². The average Bonchev–Trinajstić information content (AvgIpc) is 2.53. The van der Waals surface area contributed by atoms with Gasteiger partial charge in [-0.25, -0.2) is 0 Å². The molecule has 2 rings (SSSR count). The van der Waals surface area contributed by atoms with E-state index in [4.69, 9.17) is 9.47 Å². The Morgan fingerprint density at radius 2 is 1.71 bits per heavy atom. The maximum Gasteiger partial charge on any atom is 0.118 e. The summed E-state index contributed by atoms with van der Waals surface area (Å²) < 4.78 is 12.1. The monoisotopic (exact) mass is 405 g/mol. The molecule has 0 amide bonds. The molecule has 0 aromatic heterocycles. The minimum absolute atomic E-state index is 0.786. The van der Waals surface area contributed by atoms with Crippen molar-refractivity contribution in [1.82, 2.24) is 0 Å². The van der Waals surface area contributed by atoms with Crippen LogP contribution in [0.15, 0.2) is 40.9 Å². The third-order valence-electron chi connectivity index (χ3n) is 4.03. The van der Waals surface area contributed by atoms with Gasteiger partial charge in [-0.05, 0) is 47.9 Å². The molecule has 0 aliphatic rings. The number of ether oxygens (including phenoxy) is 2. The molecule has 0 bridgehead atoms. The molecule has 24 heavy (non-hydrogen) atoms. The van der Waals surface area contributed by atoms with Crippen molar-refractivity contribution < 1.29 is 9.47 Å². The van der Waals surface area contributed by atoms with Gasteiger partial charge in [-0.2, -0.15) is 0 Å². The zero-order valence-corrected chi connectivity index (χ0v) is 17.7. The highest BCUT2D eigenvalue weighted by atomic mass is 79.9. The van der Waals surface area contributed by atoms with Gasteiger partial charge in [-0.15, -0.1) is 0 Å². The smallest absolute Gasteiger partial charge is 0.118 e. The molecule has 2 aromatic rings. The van der Waals surface area contributed by atoms with Gasteiger partial charge in [0, 0.05) is 24.7 Å². The number of benzene rings is 2. The topological polar surface area (TPSA) is 18.5 Å². The van der Waals surface area contributed by atoms with Crippen LogP contribution in [-0.2, 0) is 4.74 Å². The van der Waals surface area contributed by atoms with Crippen molar-refractivity contribution in [3.8, 4) is 16.9 Å². The molecule has 0 spiro atoms. The fraction of sp³-hybridized carbons (Fsp3) is 0.350. The van der Waals surface area contributed by atoms with Crippen LogP contribution in [0.4, 0.5) is 0 Å². The number of halogens is 1. The lowest BCUT2D eigenvalue weighted by Gasteiger charge is -2.17. The summed E-state index contributed by atoms with van der Waals surface area (Å²) >= 11 is 3.65. The Hall–Kier alpha value is -1.10. The first kappa shape index (κ1) is 19.2. The molecule has 0 atom stereocenters. The van der Waals surface area contributed by atoms with Gasteiger partial charge in [0.05, 0.1) is 7.11 Å². The van der Waals surface area contributed by atoms with Gasteiger partial charge in [0.25, 0.3) is 0 Å². The van der Waals surface area contributed by atoms with Crippen LogP contribution < -0.4 is 4.74 Å². The van der Waals surface area contributed by atoms with Crippen molar-refractivity contribution >= 4 is 24.0 Å². The van der Waals surface area contributed by atoms with Gasteiger partial charge < -0.3 is 9.47 Å². The molecule has 0 aliphatic heterocycles. The molecule has 0 saturated heterocycles. The zero-order chi connectivity index (χ0) is 17.7. The molecule has 0 fully saturated rings. The molecular formula is C20H26BrO2Si. The summed E-state index contributed by atoms with van der Waals surface area (Å²) in [6, 6.07) is 13.5. The van der Waals surface area contributed by atoms with Gasteiger partial charge >= 0.3 is 0 Å². The lowest BCUT2D eigenvalue weighted by atomic mass is 9.96. The summed E-state index contributed by atoms with van der Waals surface area (Å²) in [7, 11) is 0.621. The number of hydrogen-bond donors (Lipinski definition) is 0. The van der Waals surface area contributed by atoms with Crippen LogP contribution in [0.5, 0.6) is 5.75 Å². The number of hydrogen-bond acceptors (Lipinski definition) is 2. The second kappa shape index (κ2) is 8.32. The standard InChI is InChI=1S/C20H26BrO2Si/c1-15-18(16-6-8-17(22-2)9-7-16)10-11-20(21)19(15)14-23-12-13-24(3,4)5/h6-11,14H,12-13H2,1-5H3.